The average Bonchev–Trinajstić information content (AvgIpc) is 2.43. The smallest absolute Gasteiger partial charge is 0.273 e. The Labute approximate surface area is 121 Å². The van der Waals surface area contributed by atoms with Gasteiger partial charge in [-0.1, -0.05) is 25.7 Å². The van der Waals surface area contributed by atoms with Crippen LogP contribution in [-0.2, 0) is 0 Å². The van der Waals surface area contributed by atoms with Gasteiger partial charge in [0.05, 0.1) is 12.1 Å². The van der Waals surface area contributed by atoms with Gasteiger partial charge in [0.2, 0.25) is 0 Å². The minimum atomic E-state index is -0.0972. The summed E-state index contributed by atoms with van der Waals surface area (Å²) in [5.74, 6) is 6.12. The van der Waals surface area contributed by atoms with E-state index in [-0.39, 0.29) is 18.5 Å². The van der Waals surface area contributed by atoms with E-state index in [4.69, 9.17) is 5.73 Å². The van der Waals surface area contributed by atoms with Crippen LogP contribution in [0.5, 0.6) is 0 Å². The predicted molar refractivity (Wildman–Crippen MR) is 81.2 cm³/mol. The SMILES string of the molecule is CC(C)CC(C)N(C)C(=O)c1ncccc1C#CCN. The molecule has 1 unspecified atom stereocenters. The Bertz CT molecular complexity index is 514. The first-order valence-corrected chi connectivity index (χ1v) is 6.88. The summed E-state index contributed by atoms with van der Waals surface area (Å²) in [5.41, 5.74) is 6.40. The van der Waals surface area contributed by atoms with E-state index in [1.807, 2.05) is 14.0 Å². The van der Waals surface area contributed by atoms with Gasteiger partial charge in [-0.3, -0.25) is 4.79 Å². The summed E-state index contributed by atoms with van der Waals surface area (Å²) >= 11 is 0. The number of amides is 1. The molecule has 1 aromatic rings. The third kappa shape index (κ3) is 4.36. The highest BCUT2D eigenvalue weighted by atomic mass is 16.2. The Kier molecular flexibility index (Phi) is 6.20. The summed E-state index contributed by atoms with van der Waals surface area (Å²) in [6, 6.07) is 3.73. The van der Waals surface area contributed by atoms with Crippen LogP contribution in [0.4, 0.5) is 0 Å². The second kappa shape index (κ2) is 7.66. The van der Waals surface area contributed by atoms with Gasteiger partial charge in [-0.2, -0.15) is 0 Å². The van der Waals surface area contributed by atoms with Gasteiger partial charge in [0.1, 0.15) is 5.69 Å². The van der Waals surface area contributed by atoms with Crippen LogP contribution in [0.25, 0.3) is 0 Å². The van der Waals surface area contributed by atoms with Crippen molar-refractivity contribution in [3.63, 3.8) is 0 Å². The van der Waals surface area contributed by atoms with Crippen molar-refractivity contribution in [2.75, 3.05) is 13.6 Å². The molecule has 0 saturated heterocycles. The van der Waals surface area contributed by atoms with Gasteiger partial charge in [-0.15, -0.1) is 0 Å². The quantitative estimate of drug-likeness (QED) is 0.852. The van der Waals surface area contributed by atoms with E-state index in [1.165, 1.54) is 0 Å². The highest BCUT2D eigenvalue weighted by molar-refractivity contribution is 5.94. The number of pyridine rings is 1. The fourth-order valence-electron chi connectivity index (χ4n) is 2.03. The van der Waals surface area contributed by atoms with Gasteiger partial charge < -0.3 is 10.6 Å². The van der Waals surface area contributed by atoms with Crippen LogP contribution in [0.15, 0.2) is 18.3 Å². The lowest BCUT2D eigenvalue weighted by atomic mass is 10.0. The maximum atomic E-state index is 12.5. The first-order chi connectivity index (χ1) is 9.47. The molecule has 4 nitrogen and oxygen atoms in total. The van der Waals surface area contributed by atoms with E-state index >= 15 is 0 Å². The molecule has 20 heavy (non-hydrogen) atoms. The minimum Gasteiger partial charge on any atom is -0.338 e. The molecule has 108 valence electrons. The molecule has 1 amide bonds. The largest absolute Gasteiger partial charge is 0.338 e. The summed E-state index contributed by atoms with van der Waals surface area (Å²) in [4.78, 5) is 18.4. The second-order valence-corrected chi connectivity index (χ2v) is 5.30. The summed E-state index contributed by atoms with van der Waals surface area (Å²) in [6.45, 7) is 6.61. The maximum absolute atomic E-state index is 12.5. The normalized spacial score (nSPS) is 11.7. The van der Waals surface area contributed by atoms with Gasteiger partial charge in [0.25, 0.3) is 5.91 Å². The van der Waals surface area contributed by atoms with Crippen LogP contribution in [0.2, 0.25) is 0 Å². The molecule has 0 bridgehead atoms. The van der Waals surface area contributed by atoms with E-state index in [0.717, 1.165) is 6.42 Å². The van der Waals surface area contributed by atoms with Crippen molar-refractivity contribution in [2.24, 2.45) is 11.7 Å². The Morgan fingerprint density at radius 2 is 2.15 bits per heavy atom. The molecule has 1 rings (SSSR count). The summed E-state index contributed by atoms with van der Waals surface area (Å²) < 4.78 is 0. The molecular formula is C16H23N3O. The van der Waals surface area contributed by atoms with Crippen LogP contribution in [0, 0.1) is 17.8 Å². The number of hydrogen-bond acceptors (Lipinski definition) is 3. The van der Waals surface area contributed by atoms with Gasteiger partial charge in [-0.05, 0) is 31.4 Å². The van der Waals surface area contributed by atoms with Crippen LogP contribution in [0.3, 0.4) is 0 Å². The van der Waals surface area contributed by atoms with Crippen LogP contribution < -0.4 is 5.73 Å². The van der Waals surface area contributed by atoms with Crippen molar-refractivity contribution in [3.05, 3.63) is 29.6 Å². The van der Waals surface area contributed by atoms with Crippen molar-refractivity contribution >= 4 is 5.91 Å². The van der Waals surface area contributed by atoms with E-state index in [2.05, 4.69) is 30.7 Å². The summed E-state index contributed by atoms with van der Waals surface area (Å²) in [6.07, 6.45) is 2.57. The molecule has 0 radical (unpaired) electrons. The third-order valence-corrected chi connectivity index (χ3v) is 3.13. The average molecular weight is 273 g/mol. The van der Waals surface area contributed by atoms with Gasteiger partial charge >= 0.3 is 0 Å². The molecule has 0 aliphatic heterocycles. The zero-order valence-corrected chi connectivity index (χ0v) is 12.7. The summed E-state index contributed by atoms with van der Waals surface area (Å²) in [7, 11) is 1.81. The number of carbonyl (C=O) groups is 1. The van der Waals surface area contributed by atoms with Crippen molar-refractivity contribution in [1.29, 1.82) is 0 Å². The Morgan fingerprint density at radius 1 is 1.45 bits per heavy atom. The molecule has 2 N–H and O–H groups in total. The zero-order valence-electron chi connectivity index (χ0n) is 12.7. The van der Waals surface area contributed by atoms with Crippen molar-refractivity contribution in [2.45, 2.75) is 33.2 Å². The Balaban J connectivity index is 2.97. The first kappa shape index (κ1) is 16.2. The van der Waals surface area contributed by atoms with Crippen LogP contribution >= 0.6 is 0 Å². The molecule has 0 fully saturated rings. The molecule has 0 aliphatic carbocycles. The van der Waals surface area contributed by atoms with Gasteiger partial charge in [0.15, 0.2) is 0 Å². The Hall–Kier alpha value is -1.86. The monoisotopic (exact) mass is 273 g/mol. The van der Waals surface area contributed by atoms with Crippen molar-refractivity contribution < 1.29 is 4.79 Å². The van der Waals surface area contributed by atoms with Crippen molar-refractivity contribution in [3.8, 4) is 11.8 Å². The number of carbonyl (C=O) groups excluding carboxylic acids is 1. The molecular weight excluding hydrogens is 250 g/mol. The zero-order chi connectivity index (χ0) is 15.1. The van der Waals surface area contributed by atoms with E-state index in [1.54, 1.807) is 23.2 Å². The lowest BCUT2D eigenvalue weighted by molar-refractivity contribution is 0.0722. The van der Waals surface area contributed by atoms with E-state index < -0.39 is 0 Å². The lowest BCUT2D eigenvalue weighted by Gasteiger charge is -2.26. The van der Waals surface area contributed by atoms with Gasteiger partial charge in [0, 0.05) is 19.3 Å². The van der Waals surface area contributed by atoms with Gasteiger partial charge in [-0.25, -0.2) is 4.98 Å². The standard InChI is InChI=1S/C16H23N3O/c1-12(2)11-13(3)19(4)16(20)15-14(7-5-9-17)8-6-10-18-15/h6,8,10,12-13H,9,11,17H2,1-4H3. The van der Waals surface area contributed by atoms with Crippen molar-refractivity contribution in [1.82, 2.24) is 9.88 Å². The molecule has 1 heterocycles. The molecule has 0 saturated carbocycles. The minimum absolute atomic E-state index is 0.0972. The summed E-state index contributed by atoms with van der Waals surface area (Å²) in [5, 5.41) is 0. The maximum Gasteiger partial charge on any atom is 0.273 e. The first-order valence-electron chi connectivity index (χ1n) is 6.88. The molecule has 1 aromatic heterocycles. The van der Waals surface area contributed by atoms with Crippen LogP contribution in [0.1, 0.15) is 43.2 Å². The third-order valence-electron chi connectivity index (χ3n) is 3.13. The fourth-order valence-corrected chi connectivity index (χ4v) is 2.03. The van der Waals surface area contributed by atoms with E-state index in [9.17, 15) is 4.79 Å². The lowest BCUT2D eigenvalue weighted by Crippen LogP contribution is -2.36. The molecule has 0 aromatic carbocycles. The Morgan fingerprint density at radius 3 is 2.75 bits per heavy atom. The molecule has 4 heteroatoms. The highest BCUT2D eigenvalue weighted by Gasteiger charge is 2.21. The second-order valence-electron chi connectivity index (χ2n) is 5.30. The topological polar surface area (TPSA) is 59.2 Å². The van der Waals surface area contributed by atoms with Crippen LogP contribution in [-0.4, -0.2) is 35.4 Å². The number of nitrogens with two attached hydrogens (primary N) is 1. The molecule has 0 aliphatic rings. The highest BCUT2D eigenvalue weighted by Crippen LogP contribution is 2.14. The van der Waals surface area contributed by atoms with E-state index in [0.29, 0.717) is 17.2 Å². The number of nitrogens with zero attached hydrogens (tertiary/aromatic N) is 2. The number of hydrogen-bond donors (Lipinski definition) is 1. The predicted octanol–water partition coefficient (Wildman–Crippen LogP) is 1.90. The molecule has 1 atom stereocenters. The molecule has 0 spiro atoms. The number of rotatable bonds is 4. The number of aromatic nitrogens is 1. The fraction of sp³-hybridized carbons (Fsp3) is 0.500.